The van der Waals surface area contributed by atoms with Crippen molar-refractivity contribution in [2.75, 3.05) is 45.8 Å². The van der Waals surface area contributed by atoms with E-state index >= 15 is 0 Å². The topological polar surface area (TPSA) is 107 Å². The monoisotopic (exact) mass is 728 g/mol. The Morgan fingerprint density at radius 1 is 0.887 bits per heavy atom. The number of hydrogen-bond acceptors (Lipinski definition) is 7. The van der Waals surface area contributed by atoms with Crippen LogP contribution in [0.25, 0.3) is 0 Å². The maximum Gasteiger partial charge on any atom is 0.230 e. The maximum atomic E-state index is 14.2. The number of carbonyl (C=O) groups is 5. The zero-order valence-electron chi connectivity index (χ0n) is 33.4. The molecule has 1 aliphatic carbocycles. The molecule has 53 heavy (non-hydrogen) atoms. The van der Waals surface area contributed by atoms with Gasteiger partial charge < -0.3 is 15.1 Å². The molecule has 0 bridgehead atoms. The van der Waals surface area contributed by atoms with E-state index in [-0.39, 0.29) is 47.5 Å². The average Bonchev–Trinajstić information content (AvgIpc) is 3.61. The first kappa shape index (κ1) is 42.1. The Labute approximate surface area is 318 Å². The van der Waals surface area contributed by atoms with Crippen LogP contribution >= 0.6 is 0 Å². The molecule has 2 heterocycles. The lowest BCUT2D eigenvalue weighted by molar-refractivity contribution is -0.140. The fourth-order valence-corrected chi connectivity index (χ4v) is 7.96. The smallest absolute Gasteiger partial charge is 0.230 e. The Bertz CT molecular complexity index is 1540. The minimum absolute atomic E-state index is 0.00233. The molecule has 0 unspecified atom stereocenters. The third-order valence-corrected chi connectivity index (χ3v) is 11.0. The summed E-state index contributed by atoms with van der Waals surface area (Å²) in [5.74, 6) is -0.133. The molecule has 2 fully saturated rings. The van der Waals surface area contributed by atoms with E-state index in [1.165, 1.54) is 6.08 Å². The van der Waals surface area contributed by atoms with Gasteiger partial charge in [-0.1, -0.05) is 63.3 Å². The molecule has 0 radical (unpaired) electrons. The maximum absolute atomic E-state index is 14.2. The van der Waals surface area contributed by atoms with Crippen molar-refractivity contribution in [3.05, 3.63) is 70.8 Å². The molecular formula is C44H64N4O5. The van der Waals surface area contributed by atoms with Crippen molar-refractivity contribution in [1.29, 1.82) is 0 Å². The van der Waals surface area contributed by atoms with Gasteiger partial charge in [0.1, 0.15) is 0 Å². The fourth-order valence-electron chi connectivity index (χ4n) is 7.96. The van der Waals surface area contributed by atoms with Gasteiger partial charge in [0.05, 0.1) is 12.0 Å². The first-order valence-corrected chi connectivity index (χ1v) is 20.0. The molecule has 9 nitrogen and oxygen atoms in total. The molecule has 3 aliphatic rings. The minimum atomic E-state index is -0.505. The van der Waals surface area contributed by atoms with E-state index in [9.17, 15) is 24.0 Å². The molecule has 0 aromatic heterocycles. The number of hydrogen-bond donors (Lipinski definition) is 1. The summed E-state index contributed by atoms with van der Waals surface area (Å²) in [5, 5.41) is 3.04. The van der Waals surface area contributed by atoms with E-state index in [1.54, 1.807) is 18.7 Å². The van der Waals surface area contributed by atoms with Crippen molar-refractivity contribution in [3.63, 3.8) is 0 Å². The third-order valence-electron chi connectivity index (χ3n) is 11.0. The highest BCUT2D eigenvalue weighted by molar-refractivity contribution is 6.22. The molecule has 0 saturated carbocycles. The molecule has 2 amide bonds. The molecule has 4 atom stereocenters. The average molecular weight is 729 g/mol. The number of nitrogens with one attached hydrogen (secondary N) is 1. The summed E-state index contributed by atoms with van der Waals surface area (Å²) >= 11 is 0. The van der Waals surface area contributed by atoms with Crippen molar-refractivity contribution in [3.8, 4) is 0 Å². The first-order valence-electron chi connectivity index (χ1n) is 20.0. The van der Waals surface area contributed by atoms with E-state index < -0.39 is 12.0 Å². The molecule has 1 N–H and O–H groups in total. The van der Waals surface area contributed by atoms with Crippen LogP contribution in [0.2, 0.25) is 0 Å². The minimum Gasteiger partial charge on any atom is -0.354 e. The number of rotatable bonds is 18. The van der Waals surface area contributed by atoms with Crippen LogP contribution in [0.5, 0.6) is 0 Å². The van der Waals surface area contributed by atoms with E-state index in [4.69, 9.17) is 0 Å². The van der Waals surface area contributed by atoms with Gasteiger partial charge in [0.2, 0.25) is 11.8 Å². The summed E-state index contributed by atoms with van der Waals surface area (Å²) in [5.41, 5.74) is 2.73. The summed E-state index contributed by atoms with van der Waals surface area (Å²) in [6, 6.07) is 9.53. The standard InChI is InChI=1S/C44H64N4O5/c1-30(2)25-32(5)17-18-37(26-35-13-9-8-10-14-35)44(53)48-20-12-16-39(48)41(50)27-36(43(52)45-31(3)4)15-11-19-46-21-23-47(24-22-46)29-38-28-40(49)33(6)34(7)42(38)51/h8-10,13-14,17-18,28,30-32,36-37,39H,11-12,15-16,19-27,29H2,1-7H3,(H,45,52)/b18-17+/t32-,36-,37-,39+/m1/s1. The number of Topliss-reactive ketones (excluding diaryl/α,β-unsaturated/α-hetero) is 2. The number of amides is 2. The Balaban J connectivity index is 1.34. The van der Waals surface area contributed by atoms with Crippen LogP contribution in [0.4, 0.5) is 0 Å². The largest absolute Gasteiger partial charge is 0.354 e. The van der Waals surface area contributed by atoms with Crippen LogP contribution in [0.3, 0.4) is 0 Å². The van der Waals surface area contributed by atoms with E-state index in [1.807, 2.05) is 32.0 Å². The number of carbonyl (C=O) groups excluding carboxylic acids is 5. The van der Waals surface area contributed by atoms with Crippen molar-refractivity contribution in [1.82, 2.24) is 20.0 Å². The zero-order valence-corrected chi connectivity index (χ0v) is 33.4. The molecule has 4 rings (SSSR count). The second kappa shape index (κ2) is 20.1. The second-order valence-electron chi connectivity index (χ2n) is 16.4. The van der Waals surface area contributed by atoms with Crippen LogP contribution in [0.1, 0.15) is 92.6 Å². The molecule has 9 heteroatoms. The predicted octanol–water partition coefficient (Wildman–Crippen LogP) is 5.99. The van der Waals surface area contributed by atoms with Crippen molar-refractivity contribution in [2.24, 2.45) is 23.7 Å². The Kier molecular flexibility index (Phi) is 16.0. The number of likely N-dealkylation sites (tertiary alicyclic amines) is 1. The normalized spacial score (nSPS) is 20.7. The number of ketones is 3. The molecule has 290 valence electrons. The van der Waals surface area contributed by atoms with Gasteiger partial charge in [-0.2, -0.15) is 0 Å². The van der Waals surface area contributed by atoms with Crippen LogP contribution in [-0.4, -0.2) is 102 Å². The Hall–Kier alpha value is -3.69. The van der Waals surface area contributed by atoms with Gasteiger partial charge in [-0.15, -0.1) is 0 Å². The SMILES string of the molecule is CC1=C(C)C(=O)C(CN2CCN(CCC[C@H](CC(=O)[C@@H]3CCCN3C(=O)[C@H](/C=C/[C@@H](C)CC(C)C)Cc3ccccc3)C(=O)NC(C)C)CC2)=CC1=O. The number of allylic oxidation sites excluding steroid dienone is 4. The molecule has 2 aliphatic heterocycles. The van der Waals surface area contributed by atoms with Gasteiger partial charge in [0.25, 0.3) is 0 Å². The Morgan fingerprint density at radius 3 is 2.23 bits per heavy atom. The van der Waals surface area contributed by atoms with Crippen LogP contribution in [0, 0.1) is 23.7 Å². The summed E-state index contributed by atoms with van der Waals surface area (Å²) in [6.45, 7) is 19.0. The molecular weight excluding hydrogens is 665 g/mol. The lowest BCUT2D eigenvalue weighted by atomic mass is 9.90. The summed E-state index contributed by atoms with van der Waals surface area (Å²) in [6.07, 6.45) is 10.3. The fraction of sp³-hybridized carbons (Fsp3) is 0.614. The first-order chi connectivity index (χ1) is 25.2. The Morgan fingerprint density at radius 2 is 1.57 bits per heavy atom. The van der Waals surface area contributed by atoms with Crippen LogP contribution in [-0.2, 0) is 30.4 Å². The van der Waals surface area contributed by atoms with E-state index in [0.717, 1.165) is 57.5 Å². The third kappa shape index (κ3) is 12.4. The van der Waals surface area contributed by atoms with Crippen LogP contribution in [0.15, 0.2) is 65.3 Å². The quantitative estimate of drug-likeness (QED) is 0.146. The van der Waals surface area contributed by atoms with Crippen molar-refractivity contribution < 1.29 is 24.0 Å². The second-order valence-corrected chi connectivity index (χ2v) is 16.4. The molecule has 0 spiro atoms. The highest BCUT2D eigenvalue weighted by Crippen LogP contribution is 2.27. The van der Waals surface area contributed by atoms with E-state index in [0.29, 0.717) is 60.9 Å². The lowest BCUT2D eigenvalue weighted by Crippen LogP contribution is -2.48. The summed E-state index contributed by atoms with van der Waals surface area (Å²) in [7, 11) is 0. The van der Waals surface area contributed by atoms with Crippen molar-refractivity contribution in [2.45, 2.75) is 105 Å². The number of benzene rings is 1. The zero-order chi connectivity index (χ0) is 38.7. The lowest BCUT2D eigenvalue weighted by Gasteiger charge is -2.35. The van der Waals surface area contributed by atoms with E-state index in [2.05, 4.69) is 60.2 Å². The van der Waals surface area contributed by atoms with Gasteiger partial charge in [-0.3, -0.25) is 28.9 Å². The molecule has 1 aromatic carbocycles. The van der Waals surface area contributed by atoms with Gasteiger partial charge in [-0.05, 0) is 96.2 Å². The number of piperazine rings is 1. The highest BCUT2D eigenvalue weighted by atomic mass is 16.2. The highest BCUT2D eigenvalue weighted by Gasteiger charge is 2.38. The van der Waals surface area contributed by atoms with Crippen LogP contribution < -0.4 is 5.32 Å². The van der Waals surface area contributed by atoms with Crippen molar-refractivity contribution >= 4 is 29.2 Å². The van der Waals surface area contributed by atoms with Gasteiger partial charge in [0.15, 0.2) is 17.3 Å². The van der Waals surface area contributed by atoms with Gasteiger partial charge in [0, 0.05) is 74.4 Å². The summed E-state index contributed by atoms with van der Waals surface area (Å²) in [4.78, 5) is 73.1. The predicted molar refractivity (Wildman–Crippen MR) is 211 cm³/mol. The summed E-state index contributed by atoms with van der Waals surface area (Å²) < 4.78 is 0. The van der Waals surface area contributed by atoms with Gasteiger partial charge >= 0.3 is 0 Å². The van der Waals surface area contributed by atoms with Gasteiger partial charge in [-0.25, -0.2) is 0 Å². The molecule has 2 saturated heterocycles. The number of nitrogens with zero attached hydrogens (tertiary/aromatic N) is 3. The molecule has 1 aromatic rings.